The molecule has 2 fully saturated rings. The van der Waals surface area contributed by atoms with Gasteiger partial charge in [-0.25, -0.2) is 0 Å². The molecule has 2 aliphatic heterocycles. The van der Waals surface area contributed by atoms with E-state index in [1.54, 1.807) is 7.11 Å². The Morgan fingerprint density at radius 2 is 1.93 bits per heavy atom. The van der Waals surface area contributed by atoms with E-state index in [4.69, 9.17) is 18.9 Å². The van der Waals surface area contributed by atoms with Gasteiger partial charge in [-0.1, -0.05) is 22.6 Å². The summed E-state index contributed by atoms with van der Waals surface area (Å²) in [7, 11) is 1.63. The van der Waals surface area contributed by atoms with E-state index >= 15 is 0 Å². The summed E-state index contributed by atoms with van der Waals surface area (Å²) in [4.78, 5) is 0. The van der Waals surface area contributed by atoms with Crippen LogP contribution in [0.1, 0.15) is 13.8 Å². The summed E-state index contributed by atoms with van der Waals surface area (Å²) in [5.74, 6) is -0.514. The molecule has 2 aliphatic rings. The average Bonchev–Trinajstić information content (AvgIpc) is 2.57. The first kappa shape index (κ1) is 11.1. The molecule has 2 saturated heterocycles. The second-order valence-corrected chi connectivity index (χ2v) is 4.88. The zero-order valence-electron chi connectivity index (χ0n) is 8.53. The summed E-state index contributed by atoms with van der Waals surface area (Å²) in [5.41, 5.74) is 0. The van der Waals surface area contributed by atoms with Crippen molar-refractivity contribution in [3.8, 4) is 0 Å². The molecule has 3 unspecified atom stereocenters. The van der Waals surface area contributed by atoms with E-state index in [9.17, 15) is 0 Å². The number of fused-ring (bicyclic) bond motifs is 1. The van der Waals surface area contributed by atoms with E-state index in [0.717, 1.165) is 4.43 Å². The van der Waals surface area contributed by atoms with Gasteiger partial charge in [0.25, 0.3) is 0 Å². The molecule has 4 nitrogen and oxygen atoms in total. The minimum Gasteiger partial charge on any atom is -0.353 e. The highest BCUT2D eigenvalue weighted by molar-refractivity contribution is 14.1. The summed E-state index contributed by atoms with van der Waals surface area (Å²) in [6, 6.07) is 0. The third-order valence-electron chi connectivity index (χ3n) is 2.49. The third-order valence-corrected chi connectivity index (χ3v) is 3.36. The number of rotatable bonds is 2. The zero-order chi connectivity index (χ0) is 10.3. The Labute approximate surface area is 97.4 Å². The van der Waals surface area contributed by atoms with Crippen molar-refractivity contribution in [2.45, 2.75) is 44.2 Å². The Morgan fingerprint density at radius 3 is 2.50 bits per heavy atom. The molecule has 5 heteroatoms. The number of hydrogen-bond acceptors (Lipinski definition) is 4. The molecule has 0 aromatic heterocycles. The standard InChI is InChI=1S/C9H15IO4/c1-9(2)13-6-5(4-10)12-8(11-3)7(6)14-9/h5-8H,4H2,1-3H3/t5-,6?,7?,8?/m1/s1. The molecule has 4 atom stereocenters. The lowest BCUT2D eigenvalue weighted by molar-refractivity contribution is -0.223. The molecule has 2 rings (SSSR count). The van der Waals surface area contributed by atoms with Gasteiger partial charge >= 0.3 is 0 Å². The average molecular weight is 314 g/mol. The van der Waals surface area contributed by atoms with Crippen molar-refractivity contribution in [1.29, 1.82) is 0 Å². The molecule has 0 radical (unpaired) electrons. The van der Waals surface area contributed by atoms with Gasteiger partial charge in [-0.15, -0.1) is 0 Å². The molecule has 0 spiro atoms. The molecule has 14 heavy (non-hydrogen) atoms. The molecule has 0 aromatic carbocycles. The van der Waals surface area contributed by atoms with Crippen LogP contribution in [0.4, 0.5) is 0 Å². The minimum absolute atomic E-state index is 0.00634. The van der Waals surface area contributed by atoms with Gasteiger partial charge in [0.05, 0.1) is 6.10 Å². The molecule has 0 amide bonds. The summed E-state index contributed by atoms with van der Waals surface area (Å²) in [6.07, 6.45) is -0.296. The van der Waals surface area contributed by atoms with Gasteiger partial charge in [0.2, 0.25) is 0 Å². The van der Waals surface area contributed by atoms with Gasteiger partial charge in [0.1, 0.15) is 12.2 Å². The van der Waals surface area contributed by atoms with E-state index in [1.807, 2.05) is 13.8 Å². The SMILES string of the molecule is COC1O[C@H](CI)C2OC(C)(C)OC12. The van der Waals surface area contributed by atoms with Gasteiger partial charge in [-0.3, -0.25) is 0 Å². The Bertz CT molecular complexity index is 201. The summed E-state index contributed by atoms with van der Waals surface area (Å²) >= 11 is 2.29. The van der Waals surface area contributed by atoms with Crippen LogP contribution in [-0.4, -0.2) is 41.9 Å². The smallest absolute Gasteiger partial charge is 0.186 e. The first-order valence-corrected chi connectivity index (χ1v) is 6.20. The van der Waals surface area contributed by atoms with Gasteiger partial charge in [0, 0.05) is 11.5 Å². The van der Waals surface area contributed by atoms with Gasteiger partial charge < -0.3 is 18.9 Å². The van der Waals surface area contributed by atoms with Crippen molar-refractivity contribution in [2.24, 2.45) is 0 Å². The normalized spacial score (nSPS) is 45.4. The summed E-state index contributed by atoms with van der Waals surface area (Å²) < 4.78 is 23.3. The highest BCUT2D eigenvalue weighted by Gasteiger charge is 2.55. The third kappa shape index (κ3) is 1.80. The van der Waals surface area contributed by atoms with Crippen molar-refractivity contribution in [3.63, 3.8) is 0 Å². The lowest BCUT2D eigenvalue weighted by Gasteiger charge is -2.22. The van der Waals surface area contributed by atoms with E-state index in [2.05, 4.69) is 22.6 Å². The van der Waals surface area contributed by atoms with Crippen LogP contribution in [0.3, 0.4) is 0 Å². The van der Waals surface area contributed by atoms with Crippen molar-refractivity contribution < 1.29 is 18.9 Å². The predicted molar refractivity (Wildman–Crippen MR) is 58.4 cm³/mol. The molecule has 0 aliphatic carbocycles. The number of ether oxygens (including phenoxy) is 4. The maximum atomic E-state index is 5.78. The number of alkyl halides is 1. The van der Waals surface area contributed by atoms with Crippen LogP contribution >= 0.6 is 22.6 Å². The maximum Gasteiger partial charge on any atom is 0.186 e. The monoisotopic (exact) mass is 314 g/mol. The van der Waals surface area contributed by atoms with E-state index in [0.29, 0.717) is 0 Å². The second kappa shape index (κ2) is 3.86. The van der Waals surface area contributed by atoms with Gasteiger partial charge in [0.15, 0.2) is 12.1 Å². The zero-order valence-corrected chi connectivity index (χ0v) is 10.7. The molecule has 0 saturated carbocycles. The fourth-order valence-corrected chi connectivity index (χ4v) is 2.67. The lowest BCUT2D eigenvalue weighted by Crippen LogP contribution is -2.30. The van der Waals surface area contributed by atoms with Crippen molar-refractivity contribution in [2.75, 3.05) is 11.5 Å². The van der Waals surface area contributed by atoms with Gasteiger partial charge in [-0.2, -0.15) is 0 Å². The summed E-state index contributed by atoms with van der Waals surface area (Å²) in [6.45, 7) is 3.84. The van der Waals surface area contributed by atoms with Crippen LogP contribution in [0.5, 0.6) is 0 Å². The Kier molecular flexibility index (Phi) is 3.05. The van der Waals surface area contributed by atoms with Crippen LogP contribution < -0.4 is 0 Å². The Hall–Kier alpha value is 0.570. The summed E-state index contributed by atoms with van der Waals surface area (Å²) in [5, 5.41) is 0. The molecular weight excluding hydrogens is 299 g/mol. The van der Waals surface area contributed by atoms with Crippen LogP contribution in [0.15, 0.2) is 0 Å². The van der Waals surface area contributed by atoms with Crippen molar-refractivity contribution >= 4 is 22.6 Å². The van der Waals surface area contributed by atoms with E-state index < -0.39 is 5.79 Å². The van der Waals surface area contributed by atoms with E-state index in [1.165, 1.54) is 0 Å². The molecule has 0 N–H and O–H groups in total. The minimum atomic E-state index is -0.514. The number of hydrogen-bond donors (Lipinski definition) is 0. The fraction of sp³-hybridized carbons (Fsp3) is 1.00. The van der Waals surface area contributed by atoms with Crippen LogP contribution in [0.2, 0.25) is 0 Å². The van der Waals surface area contributed by atoms with Gasteiger partial charge in [-0.05, 0) is 13.8 Å². The number of methoxy groups -OCH3 is 1. The molecule has 82 valence electrons. The highest BCUT2D eigenvalue weighted by Crippen LogP contribution is 2.39. The highest BCUT2D eigenvalue weighted by atomic mass is 127. The molecule has 0 aromatic rings. The topological polar surface area (TPSA) is 36.9 Å². The van der Waals surface area contributed by atoms with Crippen LogP contribution in [0.25, 0.3) is 0 Å². The Balaban J connectivity index is 2.12. The van der Waals surface area contributed by atoms with E-state index in [-0.39, 0.29) is 24.6 Å². The van der Waals surface area contributed by atoms with Crippen LogP contribution in [0, 0.1) is 0 Å². The van der Waals surface area contributed by atoms with Crippen molar-refractivity contribution in [3.05, 3.63) is 0 Å². The number of halogens is 1. The second-order valence-electron chi connectivity index (χ2n) is 4.00. The Morgan fingerprint density at radius 1 is 1.29 bits per heavy atom. The molecule has 2 heterocycles. The first-order chi connectivity index (χ1) is 6.57. The predicted octanol–water partition coefficient (Wildman–Crippen LogP) is 1.31. The first-order valence-electron chi connectivity index (χ1n) is 4.67. The lowest BCUT2D eigenvalue weighted by atomic mass is 10.2. The largest absolute Gasteiger partial charge is 0.353 e. The molecular formula is C9H15IO4. The van der Waals surface area contributed by atoms with Crippen molar-refractivity contribution in [1.82, 2.24) is 0 Å². The quantitative estimate of drug-likeness (QED) is 0.569. The van der Waals surface area contributed by atoms with Crippen LogP contribution in [-0.2, 0) is 18.9 Å². The fourth-order valence-electron chi connectivity index (χ4n) is 1.96. The molecule has 0 bridgehead atoms. The maximum absolute atomic E-state index is 5.78.